The van der Waals surface area contributed by atoms with Crippen LogP contribution in [0, 0.1) is 0 Å². The van der Waals surface area contributed by atoms with E-state index in [2.05, 4.69) is 5.10 Å². The lowest BCUT2D eigenvalue weighted by Gasteiger charge is -2.12. The maximum Gasteiger partial charge on any atom is 0.434 e. The number of alkyl halides is 3. The number of para-hydroxylation sites is 1. The number of halogens is 3. The van der Waals surface area contributed by atoms with E-state index in [1.54, 1.807) is 24.3 Å². The van der Waals surface area contributed by atoms with Crippen LogP contribution in [0.5, 0.6) is 0 Å². The maximum absolute atomic E-state index is 13.8. The van der Waals surface area contributed by atoms with E-state index >= 15 is 0 Å². The Morgan fingerprint density at radius 1 is 0.923 bits per heavy atom. The number of Topliss-reactive ketones (excluding diaryl/α,β-unsaturated/α-hetero) is 1. The number of hydrogen-bond acceptors (Lipinski definition) is 3. The topological polar surface area (TPSA) is 52.0 Å². The standard InChI is InChI=1S/C19H13F3N2O2/c1-12(25)16-15(17(26)13-8-4-2-5-9-13)18(19(20,21)22)24(23-16)14-10-6-3-7-11-14/h2-11H,1H3. The van der Waals surface area contributed by atoms with Crippen molar-refractivity contribution in [3.05, 3.63) is 83.2 Å². The van der Waals surface area contributed by atoms with Gasteiger partial charge in [-0.05, 0) is 12.1 Å². The van der Waals surface area contributed by atoms with E-state index in [-0.39, 0.29) is 11.3 Å². The molecule has 0 aliphatic heterocycles. The van der Waals surface area contributed by atoms with Gasteiger partial charge in [0.2, 0.25) is 0 Å². The second-order valence-corrected chi connectivity index (χ2v) is 5.57. The van der Waals surface area contributed by atoms with Gasteiger partial charge in [-0.3, -0.25) is 9.59 Å². The summed E-state index contributed by atoms with van der Waals surface area (Å²) in [5, 5.41) is 3.82. The second kappa shape index (κ2) is 6.59. The number of hydrogen-bond donors (Lipinski definition) is 0. The zero-order chi connectivity index (χ0) is 18.9. The van der Waals surface area contributed by atoms with Crippen molar-refractivity contribution in [3.8, 4) is 5.69 Å². The van der Waals surface area contributed by atoms with Crippen LogP contribution in [0.2, 0.25) is 0 Å². The molecule has 0 unspecified atom stereocenters. The van der Waals surface area contributed by atoms with E-state index in [9.17, 15) is 22.8 Å². The highest BCUT2D eigenvalue weighted by atomic mass is 19.4. The maximum atomic E-state index is 13.8. The quantitative estimate of drug-likeness (QED) is 0.653. The third kappa shape index (κ3) is 3.15. The zero-order valence-electron chi connectivity index (χ0n) is 13.6. The van der Waals surface area contributed by atoms with Crippen molar-refractivity contribution in [1.82, 2.24) is 9.78 Å². The van der Waals surface area contributed by atoms with E-state index < -0.39 is 34.7 Å². The molecule has 7 heteroatoms. The van der Waals surface area contributed by atoms with Gasteiger partial charge in [0.05, 0.1) is 11.3 Å². The van der Waals surface area contributed by atoms with Gasteiger partial charge in [0.15, 0.2) is 17.3 Å². The Balaban J connectivity index is 2.33. The molecule has 0 amide bonds. The highest BCUT2D eigenvalue weighted by Gasteiger charge is 2.43. The molecule has 0 aliphatic rings. The lowest BCUT2D eigenvalue weighted by atomic mass is 9.99. The van der Waals surface area contributed by atoms with E-state index in [0.717, 1.165) is 6.92 Å². The second-order valence-electron chi connectivity index (χ2n) is 5.57. The molecule has 0 spiro atoms. The van der Waals surface area contributed by atoms with Crippen molar-refractivity contribution in [3.63, 3.8) is 0 Å². The molecule has 3 aromatic rings. The van der Waals surface area contributed by atoms with Crippen LogP contribution < -0.4 is 0 Å². The molecule has 0 fully saturated rings. The average Bonchev–Trinajstić information content (AvgIpc) is 3.04. The minimum Gasteiger partial charge on any atom is -0.293 e. The number of nitrogens with zero attached hydrogens (tertiary/aromatic N) is 2. The summed E-state index contributed by atoms with van der Waals surface area (Å²) in [7, 11) is 0. The molecule has 1 aromatic heterocycles. The number of aromatic nitrogens is 2. The van der Waals surface area contributed by atoms with Crippen LogP contribution in [0.1, 0.15) is 39.0 Å². The van der Waals surface area contributed by atoms with Crippen molar-refractivity contribution in [2.75, 3.05) is 0 Å². The van der Waals surface area contributed by atoms with Crippen molar-refractivity contribution < 1.29 is 22.8 Å². The minimum atomic E-state index is -4.88. The molecule has 0 saturated carbocycles. The van der Waals surface area contributed by atoms with Crippen molar-refractivity contribution >= 4 is 11.6 Å². The van der Waals surface area contributed by atoms with E-state index in [1.807, 2.05) is 0 Å². The van der Waals surface area contributed by atoms with E-state index in [4.69, 9.17) is 0 Å². The summed E-state index contributed by atoms with van der Waals surface area (Å²) >= 11 is 0. The predicted molar refractivity (Wildman–Crippen MR) is 88.4 cm³/mol. The summed E-state index contributed by atoms with van der Waals surface area (Å²) in [6, 6.07) is 15.1. The smallest absolute Gasteiger partial charge is 0.293 e. The highest BCUT2D eigenvalue weighted by molar-refractivity contribution is 6.15. The van der Waals surface area contributed by atoms with Crippen LogP contribution in [-0.4, -0.2) is 21.3 Å². The highest BCUT2D eigenvalue weighted by Crippen LogP contribution is 2.36. The monoisotopic (exact) mass is 358 g/mol. The van der Waals surface area contributed by atoms with Gasteiger partial charge in [0, 0.05) is 12.5 Å². The molecule has 0 bridgehead atoms. The van der Waals surface area contributed by atoms with Crippen LogP contribution in [-0.2, 0) is 6.18 Å². The largest absolute Gasteiger partial charge is 0.434 e. The van der Waals surface area contributed by atoms with Gasteiger partial charge < -0.3 is 0 Å². The van der Waals surface area contributed by atoms with Gasteiger partial charge in [-0.25, -0.2) is 4.68 Å². The van der Waals surface area contributed by atoms with Crippen molar-refractivity contribution in [2.45, 2.75) is 13.1 Å². The van der Waals surface area contributed by atoms with Crippen LogP contribution in [0.4, 0.5) is 13.2 Å². The first kappa shape index (κ1) is 17.6. The fourth-order valence-corrected chi connectivity index (χ4v) is 2.63. The summed E-state index contributed by atoms with van der Waals surface area (Å²) in [6.07, 6.45) is -4.88. The minimum absolute atomic E-state index is 0.0492. The summed E-state index contributed by atoms with van der Waals surface area (Å²) < 4.78 is 42.1. The third-order valence-electron chi connectivity index (χ3n) is 3.75. The Labute approximate surface area is 146 Å². The number of benzene rings is 2. The number of rotatable bonds is 4. The summed E-state index contributed by atoms with van der Waals surface area (Å²) in [6.45, 7) is 1.08. The van der Waals surface area contributed by atoms with Crippen LogP contribution >= 0.6 is 0 Å². The molecule has 2 aromatic carbocycles. The molecule has 132 valence electrons. The summed E-state index contributed by atoms with van der Waals surface area (Å²) in [4.78, 5) is 24.7. The van der Waals surface area contributed by atoms with Crippen LogP contribution in [0.25, 0.3) is 5.69 Å². The Hall–Kier alpha value is -3.22. The lowest BCUT2D eigenvalue weighted by molar-refractivity contribution is -0.143. The first-order valence-electron chi connectivity index (χ1n) is 7.67. The molecule has 0 atom stereocenters. The Morgan fingerprint density at radius 3 is 1.96 bits per heavy atom. The van der Waals surface area contributed by atoms with Gasteiger partial charge in [-0.15, -0.1) is 0 Å². The Kier molecular flexibility index (Phi) is 4.46. The van der Waals surface area contributed by atoms with Gasteiger partial charge in [-0.1, -0.05) is 48.5 Å². The van der Waals surface area contributed by atoms with Gasteiger partial charge >= 0.3 is 6.18 Å². The van der Waals surface area contributed by atoms with Gasteiger partial charge in [0.1, 0.15) is 5.69 Å². The molecule has 3 rings (SSSR count). The number of carbonyl (C=O) groups is 2. The third-order valence-corrected chi connectivity index (χ3v) is 3.75. The summed E-state index contributed by atoms with van der Waals surface area (Å²) in [5.41, 5.74) is -2.35. The SMILES string of the molecule is CC(=O)c1nn(-c2ccccc2)c(C(F)(F)F)c1C(=O)c1ccccc1. The average molecular weight is 358 g/mol. The van der Waals surface area contributed by atoms with E-state index in [1.165, 1.54) is 36.4 Å². The van der Waals surface area contributed by atoms with Crippen molar-refractivity contribution in [1.29, 1.82) is 0 Å². The molecule has 1 heterocycles. The number of carbonyl (C=O) groups excluding carboxylic acids is 2. The lowest BCUT2D eigenvalue weighted by Crippen LogP contribution is -2.18. The molecular weight excluding hydrogens is 345 g/mol. The van der Waals surface area contributed by atoms with E-state index in [0.29, 0.717) is 4.68 Å². The normalized spacial score (nSPS) is 11.4. The first-order valence-corrected chi connectivity index (χ1v) is 7.67. The number of ketones is 2. The van der Waals surface area contributed by atoms with Gasteiger partial charge in [0.25, 0.3) is 0 Å². The Morgan fingerprint density at radius 2 is 1.46 bits per heavy atom. The summed E-state index contributed by atoms with van der Waals surface area (Å²) in [5.74, 6) is -1.62. The van der Waals surface area contributed by atoms with Gasteiger partial charge in [-0.2, -0.15) is 18.3 Å². The molecule has 0 radical (unpaired) electrons. The van der Waals surface area contributed by atoms with Crippen LogP contribution in [0.3, 0.4) is 0 Å². The molecular formula is C19H13F3N2O2. The van der Waals surface area contributed by atoms with Crippen molar-refractivity contribution in [2.24, 2.45) is 0 Å². The molecule has 0 aliphatic carbocycles. The fraction of sp³-hybridized carbons (Fsp3) is 0.105. The fourth-order valence-electron chi connectivity index (χ4n) is 2.63. The molecule has 4 nitrogen and oxygen atoms in total. The Bertz CT molecular complexity index is 962. The molecule has 26 heavy (non-hydrogen) atoms. The molecule has 0 N–H and O–H groups in total. The van der Waals surface area contributed by atoms with Crippen LogP contribution in [0.15, 0.2) is 60.7 Å². The molecule has 0 saturated heterocycles. The first-order chi connectivity index (χ1) is 12.3. The predicted octanol–water partition coefficient (Wildman–Crippen LogP) is 4.32. The zero-order valence-corrected chi connectivity index (χ0v) is 13.6.